The average molecular weight is 1380 g/mol. The van der Waals surface area contributed by atoms with Crippen LogP contribution < -0.4 is 37.1 Å². The van der Waals surface area contributed by atoms with E-state index in [1.807, 2.05) is 0 Å². The summed E-state index contributed by atoms with van der Waals surface area (Å²) >= 11 is 3.40. The summed E-state index contributed by atoms with van der Waals surface area (Å²) in [5.74, 6) is 0.460. The van der Waals surface area contributed by atoms with Crippen LogP contribution in [0.25, 0.3) is 33.5 Å². The van der Waals surface area contributed by atoms with Gasteiger partial charge in [0.1, 0.15) is 44.4 Å². The van der Waals surface area contributed by atoms with Gasteiger partial charge in [-0.15, -0.1) is 0 Å². The normalized spacial score (nSPS) is 11.7. The van der Waals surface area contributed by atoms with Crippen molar-refractivity contribution in [3.05, 3.63) is 58.0 Å². The molecule has 6 aromatic heterocycles. The van der Waals surface area contributed by atoms with Crippen LogP contribution in [-0.4, -0.2) is 195 Å². The molecule has 0 atom stereocenters. The van der Waals surface area contributed by atoms with Gasteiger partial charge >= 0.3 is 46.5 Å². The molecule has 0 amide bonds. The van der Waals surface area contributed by atoms with Gasteiger partial charge in [-0.3, -0.25) is 22.8 Å². The van der Waals surface area contributed by atoms with Crippen LogP contribution in [-0.2, 0) is 98.4 Å². The van der Waals surface area contributed by atoms with E-state index in [4.69, 9.17) is 87.7 Å². The monoisotopic (exact) mass is 1380 g/mol. The third-order valence-electron chi connectivity index (χ3n) is 10.3. The minimum atomic E-state index is -4.27. The smallest absolute Gasteiger partial charge is 0.356 e. The maximum absolute atomic E-state index is 12.4. The Bertz CT molecular complexity index is 3330. The van der Waals surface area contributed by atoms with E-state index >= 15 is 0 Å². The SMILES string of the molecule is C=C(COCP(=O)(O)O)Cn1c(=O)[nH]c2c(N)nc(OCCOC)nc21.C=C(COCP(=O)(OCC)OCC)Cn1c(Br)nc2c(N)nc(OCCOC)nc21.C=C(COCP(=O)(OCC)OCC)Cn1cnc2c(N)nc(OCCOC)nc21.[V]. The number of nitrogens with one attached hydrogen (secondary N) is 1. The van der Waals surface area contributed by atoms with E-state index in [2.05, 4.69) is 80.5 Å². The Morgan fingerprint density at radius 1 is 0.570 bits per heavy atom. The zero-order chi connectivity index (χ0) is 62.7. The number of fused-ring (bicyclic) bond motifs is 3. The molecule has 0 aliphatic rings. The Labute approximate surface area is 515 Å². The molecule has 6 heterocycles. The van der Waals surface area contributed by atoms with Gasteiger partial charge in [-0.25, -0.2) is 14.8 Å². The van der Waals surface area contributed by atoms with Crippen LogP contribution >= 0.6 is 38.7 Å². The quantitative estimate of drug-likeness (QED) is 0.0133. The molecule has 9 N–H and O–H groups in total. The number of ether oxygens (including phenoxy) is 9. The van der Waals surface area contributed by atoms with Crippen LogP contribution in [0.2, 0.25) is 0 Å². The maximum Gasteiger partial charge on any atom is 0.356 e. The van der Waals surface area contributed by atoms with Crippen molar-refractivity contribution in [2.24, 2.45) is 0 Å². The first-order valence-electron chi connectivity index (χ1n) is 25.8. The first-order chi connectivity index (χ1) is 40.5. The minimum Gasteiger partial charge on any atom is -0.461 e. The Balaban J connectivity index is 0.000000337. The van der Waals surface area contributed by atoms with Crippen LogP contribution in [0, 0.1) is 0 Å². The summed E-state index contributed by atoms with van der Waals surface area (Å²) in [6.07, 6.45) is 0.545. The van der Waals surface area contributed by atoms with Crippen molar-refractivity contribution in [3.8, 4) is 18.0 Å². The topological polar surface area (TPSA) is 440 Å². The van der Waals surface area contributed by atoms with E-state index in [-0.39, 0.29) is 144 Å². The molecule has 0 aromatic carbocycles. The number of nitrogens with zero attached hydrogens (tertiary/aromatic N) is 11. The molecule has 39 heteroatoms. The van der Waals surface area contributed by atoms with Gasteiger partial charge in [-0.1, -0.05) is 19.7 Å². The molecule has 0 saturated heterocycles. The molecule has 0 aliphatic carbocycles. The number of nitrogens with two attached hydrogens (primary N) is 3. The van der Waals surface area contributed by atoms with Gasteiger partial charge in [0, 0.05) is 53.0 Å². The molecule has 34 nitrogen and oxygen atoms in total. The number of hydrogen-bond donors (Lipinski definition) is 6. The first-order valence-corrected chi connectivity index (χ1v) is 31.8. The van der Waals surface area contributed by atoms with Crippen molar-refractivity contribution in [1.29, 1.82) is 0 Å². The van der Waals surface area contributed by atoms with E-state index in [1.165, 1.54) is 11.7 Å². The predicted octanol–water partition coefficient (Wildman–Crippen LogP) is 4.66. The molecule has 1 radical (unpaired) electrons. The van der Waals surface area contributed by atoms with E-state index in [1.54, 1.807) is 57.4 Å². The summed E-state index contributed by atoms with van der Waals surface area (Å²) < 4.78 is 109. The molecule has 0 aliphatic heterocycles. The second kappa shape index (κ2) is 37.6. The van der Waals surface area contributed by atoms with E-state index < -0.39 is 34.8 Å². The minimum absolute atomic E-state index is 0. The molecule has 6 rings (SSSR count). The van der Waals surface area contributed by atoms with Gasteiger partial charge in [0.15, 0.2) is 50.2 Å². The number of H-pyrrole nitrogens is 1. The summed E-state index contributed by atoms with van der Waals surface area (Å²) in [5.41, 5.74) is 21.4. The fraction of sp³-hybridized carbons (Fsp3) is 0.553. The van der Waals surface area contributed by atoms with E-state index in [0.717, 1.165) is 0 Å². The molecule has 479 valence electrons. The zero-order valence-electron chi connectivity index (χ0n) is 48.8. The Kier molecular flexibility index (Phi) is 32.8. The van der Waals surface area contributed by atoms with Crippen molar-refractivity contribution >= 4 is 89.7 Å². The van der Waals surface area contributed by atoms with Crippen LogP contribution in [0.1, 0.15) is 27.7 Å². The predicted molar refractivity (Wildman–Crippen MR) is 315 cm³/mol. The Hall–Kier alpha value is -5.26. The van der Waals surface area contributed by atoms with Gasteiger partial charge in [-0.05, 0) is 60.3 Å². The summed E-state index contributed by atoms with van der Waals surface area (Å²) in [7, 11) is -6.14. The molecular weight excluding hydrogens is 1300 g/mol. The second-order valence-electron chi connectivity index (χ2n) is 17.3. The zero-order valence-corrected chi connectivity index (χ0v) is 54.5. The van der Waals surface area contributed by atoms with Gasteiger partial charge in [0.2, 0.25) is 0 Å². The van der Waals surface area contributed by atoms with Crippen molar-refractivity contribution in [2.45, 2.75) is 47.3 Å². The molecular formula is C47H75BrN15O19P3V. The molecule has 0 saturated carbocycles. The number of methoxy groups -OCH3 is 3. The summed E-state index contributed by atoms with van der Waals surface area (Å²) in [6.45, 7) is 22.6. The van der Waals surface area contributed by atoms with Crippen molar-refractivity contribution < 1.29 is 103 Å². The standard InChI is InChI=1S/C17H27BrN5O6P.C17H28N5O6P.C13H20N5O7P.V/c1-5-28-30(24,29-6-2)11-26-10-12(3)9-23-15-13(20-16(23)18)14(19)21-17(22-15)27-8-7-25-4;1-5-27-29(23,28-6-2)12-25-10-13(3)9-22-11-19-14-15(18)20-17(21-16(14)22)26-8-7-24-4;1-8(6-24-7-26(20,21)22)5-18-11-9(15-13(18)19)10(14)16-12(17-11)25-4-3-23-2;/h3,5-11H2,1-2,4H3,(H2,19,21,22);11H,3,5-10,12H2,1-2,4H3,(H2,18,20,21);1,3-7H2,2H3,(H,15,19)(H2,14,16,17)(H2,20,21,22);. The van der Waals surface area contributed by atoms with Gasteiger partial charge < -0.3 is 97.3 Å². The number of nitrogen functional groups attached to an aromatic ring is 3. The number of rotatable bonds is 38. The third kappa shape index (κ3) is 24.4. The van der Waals surface area contributed by atoms with Crippen molar-refractivity contribution in [3.63, 3.8) is 0 Å². The summed E-state index contributed by atoms with van der Waals surface area (Å²) in [6, 6.07) is 0.259. The van der Waals surface area contributed by atoms with Crippen LogP contribution in [0.15, 0.2) is 52.3 Å². The maximum atomic E-state index is 12.4. The van der Waals surface area contributed by atoms with Crippen molar-refractivity contribution in [2.75, 3.05) is 143 Å². The first kappa shape index (κ1) is 75.0. The van der Waals surface area contributed by atoms with Gasteiger partial charge in [0.05, 0.1) is 78.9 Å². The third-order valence-corrected chi connectivity index (χ3v) is 15.1. The molecule has 86 heavy (non-hydrogen) atoms. The Morgan fingerprint density at radius 2 is 0.977 bits per heavy atom. The number of aromatic amines is 1. The van der Waals surface area contributed by atoms with E-state index in [0.29, 0.717) is 83.3 Å². The molecule has 0 fully saturated rings. The average Bonchev–Trinajstić information content (AvgIpc) is 2.31. The van der Waals surface area contributed by atoms with Gasteiger partial charge in [0.25, 0.3) is 0 Å². The Morgan fingerprint density at radius 3 is 1.43 bits per heavy atom. The number of aromatic nitrogens is 12. The largest absolute Gasteiger partial charge is 0.461 e. The fourth-order valence-corrected chi connectivity index (χ4v) is 10.4. The number of halogens is 1. The molecule has 6 aromatic rings. The van der Waals surface area contributed by atoms with Gasteiger partial charge in [-0.2, -0.15) is 29.9 Å². The van der Waals surface area contributed by atoms with Crippen LogP contribution in [0.3, 0.4) is 0 Å². The van der Waals surface area contributed by atoms with Crippen LogP contribution in [0.4, 0.5) is 17.5 Å². The summed E-state index contributed by atoms with van der Waals surface area (Å²) in [4.78, 5) is 65.9. The second-order valence-corrected chi connectivity index (χ2v) is 23.6. The van der Waals surface area contributed by atoms with Crippen molar-refractivity contribution in [1.82, 2.24) is 58.6 Å². The number of hydrogen-bond acceptors (Lipinski definition) is 28. The molecule has 0 bridgehead atoms. The number of imidazole rings is 3. The van der Waals surface area contributed by atoms with E-state index in [9.17, 15) is 18.5 Å². The van der Waals surface area contributed by atoms with Crippen LogP contribution in [0.5, 0.6) is 18.0 Å². The number of anilines is 3. The molecule has 0 spiro atoms. The fourth-order valence-electron chi connectivity index (χ4n) is 6.94. The summed E-state index contributed by atoms with van der Waals surface area (Å²) in [5, 5.41) is 0. The molecule has 0 unspecified atom stereocenters.